The molecule has 1 saturated carbocycles. The third kappa shape index (κ3) is 3.91. The summed E-state index contributed by atoms with van der Waals surface area (Å²) in [7, 11) is 0. The first-order chi connectivity index (χ1) is 10.1. The highest BCUT2D eigenvalue weighted by atomic mass is 35.5. The molecule has 1 aliphatic rings. The number of benzene rings is 2. The van der Waals surface area contributed by atoms with Gasteiger partial charge in [0.15, 0.2) is 0 Å². The van der Waals surface area contributed by atoms with Crippen LogP contribution in [0, 0.1) is 6.92 Å². The monoisotopic (exact) mass is 321 g/mol. The van der Waals surface area contributed by atoms with E-state index in [9.17, 15) is 0 Å². The molecule has 0 aromatic heterocycles. The van der Waals surface area contributed by atoms with Gasteiger partial charge in [-0.25, -0.2) is 0 Å². The summed E-state index contributed by atoms with van der Waals surface area (Å²) in [4.78, 5) is 0. The van der Waals surface area contributed by atoms with E-state index in [0.717, 1.165) is 22.9 Å². The smallest absolute Gasteiger partial charge is 0.146 e. The van der Waals surface area contributed by atoms with E-state index in [1.54, 1.807) is 0 Å². The lowest BCUT2D eigenvalue weighted by Gasteiger charge is -2.10. The summed E-state index contributed by atoms with van der Waals surface area (Å²) in [5.74, 6) is 1.40. The van der Waals surface area contributed by atoms with Crippen LogP contribution in [0.4, 0.5) is 0 Å². The SMILES string of the molecule is Cc1cc(Oc2ccc(CNC3CC3)cc2Cl)ccc1Cl. The predicted octanol–water partition coefficient (Wildman–Crippen LogP) is 5.35. The second-order valence-electron chi connectivity index (χ2n) is 5.43. The number of ether oxygens (including phenoxy) is 1. The second-order valence-corrected chi connectivity index (χ2v) is 6.25. The summed E-state index contributed by atoms with van der Waals surface area (Å²) in [6.45, 7) is 2.80. The first kappa shape index (κ1) is 14.7. The molecule has 0 heterocycles. The zero-order valence-electron chi connectivity index (χ0n) is 11.8. The van der Waals surface area contributed by atoms with Gasteiger partial charge in [-0.15, -0.1) is 0 Å². The topological polar surface area (TPSA) is 21.3 Å². The zero-order valence-corrected chi connectivity index (χ0v) is 13.3. The maximum absolute atomic E-state index is 6.30. The zero-order chi connectivity index (χ0) is 14.8. The lowest BCUT2D eigenvalue weighted by atomic mass is 10.2. The van der Waals surface area contributed by atoms with Gasteiger partial charge in [-0.05, 0) is 61.2 Å². The van der Waals surface area contributed by atoms with Crippen LogP contribution in [0.15, 0.2) is 36.4 Å². The van der Waals surface area contributed by atoms with Crippen molar-refractivity contribution in [2.24, 2.45) is 0 Å². The molecule has 0 saturated heterocycles. The van der Waals surface area contributed by atoms with Gasteiger partial charge in [0, 0.05) is 17.6 Å². The van der Waals surface area contributed by atoms with Crippen molar-refractivity contribution in [2.75, 3.05) is 0 Å². The van der Waals surface area contributed by atoms with Crippen LogP contribution in [0.25, 0.3) is 0 Å². The Labute approximate surface area is 135 Å². The third-order valence-electron chi connectivity index (χ3n) is 3.53. The molecule has 2 nitrogen and oxygen atoms in total. The molecule has 0 bridgehead atoms. The number of hydrogen-bond donors (Lipinski definition) is 1. The minimum absolute atomic E-state index is 0.623. The third-order valence-corrected chi connectivity index (χ3v) is 4.25. The fourth-order valence-corrected chi connectivity index (χ4v) is 2.45. The van der Waals surface area contributed by atoms with Gasteiger partial charge < -0.3 is 10.1 Å². The highest BCUT2D eigenvalue weighted by Crippen LogP contribution is 2.32. The van der Waals surface area contributed by atoms with Crippen LogP contribution >= 0.6 is 23.2 Å². The van der Waals surface area contributed by atoms with Gasteiger partial charge >= 0.3 is 0 Å². The maximum atomic E-state index is 6.30. The molecular formula is C17H17Cl2NO. The van der Waals surface area contributed by atoms with Crippen LogP contribution in [0.2, 0.25) is 10.0 Å². The van der Waals surface area contributed by atoms with Gasteiger partial charge in [-0.1, -0.05) is 29.3 Å². The summed E-state index contributed by atoms with van der Waals surface area (Å²) in [5, 5.41) is 4.82. The number of hydrogen-bond acceptors (Lipinski definition) is 2. The van der Waals surface area contributed by atoms with E-state index >= 15 is 0 Å². The molecule has 0 radical (unpaired) electrons. The molecule has 1 fully saturated rings. The fraction of sp³-hybridized carbons (Fsp3) is 0.294. The molecule has 1 N–H and O–H groups in total. The van der Waals surface area contributed by atoms with Crippen molar-refractivity contribution in [3.8, 4) is 11.5 Å². The summed E-state index contributed by atoms with van der Waals surface area (Å²) >= 11 is 12.3. The molecule has 0 aliphatic heterocycles. The Bertz CT molecular complexity index is 653. The number of halogens is 2. The van der Waals surface area contributed by atoms with Gasteiger partial charge in [0.1, 0.15) is 11.5 Å². The van der Waals surface area contributed by atoms with Crippen molar-refractivity contribution in [1.29, 1.82) is 0 Å². The molecule has 0 atom stereocenters. The minimum Gasteiger partial charge on any atom is -0.456 e. The van der Waals surface area contributed by atoms with Crippen LogP contribution < -0.4 is 10.1 Å². The van der Waals surface area contributed by atoms with Gasteiger partial charge in [0.2, 0.25) is 0 Å². The molecule has 21 heavy (non-hydrogen) atoms. The Morgan fingerprint density at radius 3 is 2.57 bits per heavy atom. The van der Waals surface area contributed by atoms with E-state index in [1.807, 2.05) is 43.3 Å². The largest absolute Gasteiger partial charge is 0.456 e. The molecule has 0 spiro atoms. The second kappa shape index (κ2) is 6.27. The summed E-state index contributed by atoms with van der Waals surface area (Å²) < 4.78 is 5.83. The molecule has 1 aliphatic carbocycles. The van der Waals surface area contributed by atoms with Gasteiger partial charge in [0.05, 0.1) is 5.02 Å². The molecule has 0 unspecified atom stereocenters. The Hall–Kier alpha value is -1.22. The van der Waals surface area contributed by atoms with Gasteiger partial charge in [-0.3, -0.25) is 0 Å². The Morgan fingerprint density at radius 2 is 1.90 bits per heavy atom. The standard InChI is InChI=1S/C17H17Cl2NO/c1-11-8-14(5-6-15(11)18)21-17-7-2-12(9-16(17)19)10-20-13-3-4-13/h2,5-9,13,20H,3-4,10H2,1H3. The van der Waals surface area contributed by atoms with Crippen molar-refractivity contribution < 1.29 is 4.74 Å². The number of aryl methyl sites for hydroxylation is 1. The first-order valence-electron chi connectivity index (χ1n) is 7.07. The molecule has 110 valence electrons. The van der Waals surface area contributed by atoms with E-state index in [4.69, 9.17) is 27.9 Å². The van der Waals surface area contributed by atoms with E-state index < -0.39 is 0 Å². The summed E-state index contributed by atoms with van der Waals surface area (Å²) in [6.07, 6.45) is 2.57. The van der Waals surface area contributed by atoms with E-state index in [2.05, 4.69) is 5.32 Å². The number of rotatable bonds is 5. The van der Waals surface area contributed by atoms with Gasteiger partial charge in [-0.2, -0.15) is 0 Å². The fourth-order valence-electron chi connectivity index (χ4n) is 2.09. The number of nitrogens with one attached hydrogen (secondary N) is 1. The highest BCUT2D eigenvalue weighted by Gasteiger charge is 2.20. The lowest BCUT2D eigenvalue weighted by molar-refractivity contribution is 0.482. The Morgan fingerprint density at radius 1 is 1.10 bits per heavy atom. The van der Waals surface area contributed by atoms with Crippen LogP contribution in [0.1, 0.15) is 24.0 Å². The van der Waals surface area contributed by atoms with Crippen molar-refractivity contribution in [3.05, 3.63) is 57.6 Å². The van der Waals surface area contributed by atoms with E-state index in [0.29, 0.717) is 16.8 Å². The molecule has 4 heteroatoms. The predicted molar refractivity (Wildman–Crippen MR) is 87.6 cm³/mol. The van der Waals surface area contributed by atoms with Crippen molar-refractivity contribution in [1.82, 2.24) is 5.32 Å². The lowest BCUT2D eigenvalue weighted by Crippen LogP contribution is -2.15. The van der Waals surface area contributed by atoms with Crippen LogP contribution in [-0.2, 0) is 6.54 Å². The van der Waals surface area contributed by atoms with Crippen LogP contribution in [0.3, 0.4) is 0 Å². The first-order valence-corrected chi connectivity index (χ1v) is 7.83. The molecule has 2 aromatic rings. The van der Waals surface area contributed by atoms with Crippen molar-refractivity contribution >= 4 is 23.2 Å². The summed E-state index contributed by atoms with van der Waals surface area (Å²) in [6, 6.07) is 12.2. The molecule has 0 amide bonds. The average molecular weight is 322 g/mol. The normalized spacial score (nSPS) is 14.2. The highest BCUT2D eigenvalue weighted by molar-refractivity contribution is 6.32. The molecule has 3 rings (SSSR count). The average Bonchev–Trinajstić information content (AvgIpc) is 3.27. The summed E-state index contributed by atoms with van der Waals surface area (Å²) in [5.41, 5.74) is 2.15. The van der Waals surface area contributed by atoms with Crippen LogP contribution in [0.5, 0.6) is 11.5 Å². The maximum Gasteiger partial charge on any atom is 0.146 e. The van der Waals surface area contributed by atoms with E-state index in [1.165, 1.54) is 18.4 Å². The van der Waals surface area contributed by atoms with E-state index in [-0.39, 0.29) is 0 Å². The molecule has 2 aromatic carbocycles. The quantitative estimate of drug-likeness (QED) is 0.801. The van der Waals surface area contributed by atoms with Crippen molar-refractivity contribution in [3.63, 3.8) is 0 Å². The van der Waals surface area contributed by atoms with Crippen molar-refractivity contribution in [2.45, 2.75) is 32.4 Å². The van der Waals surface area contributed by atoms with Gasteiger partial charge in [0.25, 0.3) is 0 Å². The Kier molecular flexibility index (Phi) is 4.39. The molecular weight excluding hydrogens is 305 g/mol. The van der Waals surface area contributed by atoms with Crippen LogP contribution in [-0.4, -0.2) is 6.04 Å². The minimum atomic E-state index is 0.623. The Balaban J connectivity index is 1.70.